The zero-order valence-corrected chi connectivity index (χ0v) is 11.2. The van der Waals surface area contributed by atoms with E-state index in [9.17, 15) is 25.0 Å². The largest absolute Gasteiger partial charge is 0.431 e. The predicted octanol–water partition coefficient (Wildman–Crippen LogP) is 2.16. The van der Waals surface area contributed by atoms with E-state index < -0.39 is 21.4 Å². The van der Waals surface area contributed by atoms with Gasteiger partial charge in [-0.25, -0.2) is 19.7 Å². The van der Waals surface area contributed by atoms with Crippen LogP contribution < -0.4 is 0 Å². The van der Waals surface area contributed by atoms with E-state index in [2.05, 4.69) is 0 Å². The molecule has 22 heavy (non-hydrogen) atoms. The van der Waals surface area contributed by atoms with Crippen molar-refractivity contribution >= 4 is 11.8 Å². The molecule has 0 saturated heterocycles. The SMILES string of the molecule is N#C[N+](C(=O)c1ccccc1)(C(=O)c1ccccc1)[N+](=O)[O-]. The number of nitrogens with zero attached hydrogens (tertiary/aromatic N) is 3. The molecule has 7 nitrogen and oxygen atoms in total. The number of imide groups is 1. The highest BCUT2D eigenvalue weighted by Crippen LogP contribution is 2.19. The Labute approximate surface area is 125 Å². The fourth-order valence-electron chi connectivity index (χ4n) is 1.90. The number of rotatable bonds is 3. The molecule has 0 spiro atoms. The van der Waals surface area contributed by atoms with Crippen LogP contribution in [0.1, 0.15) is 20.7 Å². The first kappa shape index (κ1) is 15.0. The van der Waals surface area contributed by atoms with E-state index in [1.165, 1.54) is 54.7 Å². The standard InChI is InChI=1S/C15H10N3O4/c16-11-18(17(21)22,14(19)12-7-3-1-4-8-12)15(20)13-9-5-2-6-10-13/h1-10H/q+1. The van der Waals surface area contributed by atoms with Crippen LogP contribution in [0.25, 0.3) is 0 Å². The molecule has 0 aliphatic heterocycles. The molecule has 108 valence electrons. The quantitative estimate of drug-likeness (QED) is 0.284. The van der Waals surface area contributed by atoms with Gasteiger partial charge in [-0.3, -0.25) is 0 Å². The Morgan fingerprint density at radius 1 is 0.909 bits per heavy atom. The van der Waals surface area contributed by atoms with Crippen LogP contribution in [0.3, 0.4) is 0 Å². The summed E-state index contributed by atoms with van der Waals surface area (Å²) in [6, 6.07) is 14.5. The summed E-state index contributed by atoms with van der Waals surface area (Å²) in [4.78, 5) is 36.3. The Kier molecular flexibility index (Phi) is 4.06. The predicted molar refractivity (Wildman–Crippen MR) is 74.4 cm³/mol. The maximum absolute atomic E-state index is 12.4. The molecule has 0 atom stereocenters. The fraction of sp³-hybridized carbons (Fsp3) is 0. The molecule has 0 heterocycles. The lowest BCUT2D eigenvalue weighted by atomic mass is 10.1. The molecular weight excluding hydrogens is 286 g/mol. The van der Waals surface area contributed by atoms with E-state index in [4.69, 9.17) is 0 Å². The summed E-state index contributed by atoms with van der Waals surface area (Å²) in [5.74, 6) is -2.41. The van der Waals surface area contributed by atoms with Gasteiger partial charge in [-0.05, 0) is 24.3 Å². The molecule has 0 aliphatic rings. The molecule has 0 fully saturated rings. The number of hydrogen-bond donors (Lipinski definition) is 0. The van der Waals surface area contributed by atoms with Gasteiger partial charge < -0.3 is 0 Å². The first-order valence-electron chi connectivity index (χ1n) is 6.19. The van der Waals surface area contributed by atoms with Crippen molar-refractivity contribution in [3.8, 4) is 6.19 Å². The lowest BCUT2D eigenvalue weighted by molar-refractivity contribution is -1.19. The maximum Gasteiger partial charge on any atom is 0.431 e. The molecule has 0 N–H and O–H groups in total. The molecule has 7 heteroatoms. The second-order valence-corrected chi connectivity index (χ2v) is 4.32. The van der Waals surface area contributed by atoms with Gasteiger partial charge in [0.25, 0.3) is 5.03 Å². The average Bonchev–Trinajstić information content (AvgIpc) is 2.57. The van der Waals surface area contributed by atoms with Crippen molar-refractivity contribution in [3.63, 3.8) is 0 Å². The summed E-state index contributed by atoms with van der Waals surface area (Å²) in [7, 11) is 0. The second kappa shape index (κ2) is 5.95. The van der Waals surface area contributed by atoms with Gasteiger partial charge in [-0.15, -0.1) is 5.26 Å². The molecule has 2 rings (SSSR count). The van der Waals surface area contributed by atoms with E-state index in [0.717, 1.165) is 0 Å². The van der Waals surface area contributed by atoms with Crippen molar-refractivity contribution in [2.24, 2.45) is 0 Å². The van der Waals surface area contributed by atoms with Crippen LogP contribution in [0.15, 0.2) is 60.7 Å². The number of carbonyl (C=O) groups excluding carboxylic acids is 2. The summed E-state index contributed by atoms with van der Waals surface area (Å²) in [5.41, 5.74) is -0.185. The molecule has 0 saturated carbocycles. The van der Waals surface area contributed by atoms with Gasteiger partial charge in [0, 0.05) is 0 Å². The highest BCUT2D eigenvalue weighted by molar-refractivity contribution is 6.01. The van der Waals surface area contributed by atoms with Gasteiger partial charge in [-0.1, -0.05) is 36.4 Å². The zero-order valence-electron chi connectivity index (χ0n) is 11.2. The third-order valence-corrected chi connectivity index (χ3v) is 3.02. The van der Waals surface area contributed by atoms with Crippen LogP contribution in [0.4, 0.5) is 0 Å². The molecule has 0 radical (unpaired) electrons. The van der Waals surface area contributed by atoms with Crippen LogP contribution in [0.5, 0.6) is 0 Å². The molecule has 2 amide bonds. The minimum Gasteiger partial charge on any atom is -0.217 e. The highest BCUT2D eigenvalue weighted by Gasteiger charge is 2.60. The topological polar surface area (TPSA) is 101 Å². The highest BCUT2D eigenvalue weighted by atomic mass is 16.7. The molecule has 2 aromatic carbocycles. The Morgan fingerprint density at radius 2 is 1.27 bits per heavy atom. The second-order valence-electron chi connectivity index (χ2n) is 4.32. The van der Waals surface area contributed by atoms with Crippen molar-refractivity contribution in [2.45, 2.75) is 0 Å². The van der Waals surface area contributed by atoms with Crippen molar-refractivity contribution in [1.29, 1.82) is 5.26 Å². The van der Waals surface area contributed by atoms with E-state index in [-0.39, 0.29) is 11.1 Å². The Balaban J connectivity index is 2.60. The first-order chi connectivity index (χ1) is 10.5. The lowest BCUT2D eigenvalue weighted by Crippen LogP contribution is -2.57. The van der Waals surface area contributed by atoms with Crippen LogP contribution >= 0.6 is 0 Å². The summed E-state index contributed by atoms with van der Waals surface area (Å²) < 4.78 is -2.17. The molecule has 0 unspecified atom stereocenters. The number of carbonyl (C=O) groups is 2. The number of hydrogen-bond acceptors (Lipinski definition) is 5. The van der Waals surface area contributed by atoms with Gasteiger partial charge in [0.05, 0.1) is 11.1 Å². The van der Waals surface area contributed by atoms with Crippen LogP contribution in [0, 0.1) is 21.6 Å². The van der Waals surface area contributed by atoms with Crippen molar-refractivity contribution in [3.05, 3.63) is 81.9 Å². The molecular formula is C15H10N3O4+. The Hall–Kier alpha value is -3.37. The minimum atomic E-state index is -2.17. The normalized spacial score (nSPS) is 10.5. The monoisotopic (exact) mass is 296 g/mol. The fourth-order valence-corrected chi connectivity index (χ4v) is 1.90. The first-order valence-corrected chi connectivity index (χ1v) is 6.19. The van der Waals surface area contributed by atoms with Gasteiger partial charge in [0.2, 0.25) is 0 Å². The molecule has 0 bridgehead atoms. The van der Waals surface area contributed by atoms with Gasteiger partial charge in [0.15, 0.2) is 4.59 Å². The molecule has 2 aromatic rings. The number of nitriles is 1. The van der Waals surface area contributed by atoms with Crippen molar-refractivity contribution < 1.29 is 19.2 Å². The van der Waals surface area contributed by atoms with E-state index in [1.54, 1.807) is 12.1 Å². The van der Waals surface area contributed by atoms with E-state index >= 15 is 0 Å². The number of nitro groups is 1. The van der Waals surface area contributed by atoms with Crippen molar-refractivity contribution in [1.82, 2.24) is 0 Å². The molecule has 0 aromatic heterocycles. The summed E-state index contributed by atoms with van der Waals surface area (Å²) in [6.45, 7) is 0. The summed E-state index contributed by atoms with van der Waals surface area (Å²) in [5, 5.41) is 19.5. The van der Waals surface area contributed by atoms with Crippen LogP contribution in [0.2, 0.25) is 0 Å². The van der Waals surface area contributed by atoms with Crippen LogP contribution in [-0.2, 0) is 0 Å². The van der Waals surface area contributed by atoms with Crippen LogP contribution in [-0.4, -0.2) is 21.4 Å². The maximum atomic E-state index is 12.4. The van der Waals surface area contributed by atoms with E-state index in [0.29, 0.717) is 0 Å². The summed E-state index contributed by atoms with van der Waals surface area (Å²) in [6.07, 6.45) is 1.25. The van der Waals surface area contributed by atoms with Gasteiger partial charge >= 0.3 is 18.0 Å². The summed E-state index contributed by atoms with van der Waals surface area (Å²) >= 11 is 0. The molecule has 0 aliphatic carbocycles. The Bertz CT molecular complexity index is 715. The number of benzene rings is 2. The average molecular weight is 296 g/mol. The van der Waals surface area contributed by atoms with Crippen molar-refractivity contribution in [2.75, 3.05) is 0 Å². The third kappa shape index (κ3) is 2.34. The zero-order chi connectivity index (χ0) is 16.2. The lowest BCUT2D eigenvalue weighted by Gasteiger charge is -2.12. The number of quaternary nitrogens is 1. The third-order valence-electron chi connectivity index (χ3n) is 3.02. The smallest absolute Gasteiger partial charge is 0.217 e. The van der Waals surface area contributed by atoms with E-state index in [1.807, 2.05) is 0 Å². The minimum absolute atomic E-state index is 0.0926. The van der Waals surface area contributed by atoms with Gasteiger partial charge in [0.1, 0.15) is 0 Å². The number of amides is 2. The van der Waals surface area contributed by atoms with Gasteiger partial charge in [-0.2, -0.15) is 0 Å². The Morgan fingerprint density at radius 3 is 1.55 bits per heavy atom.